The van der Waals surface area contributed by atoms with Gasteiger partial charge in [-0.1, -0.05) is 42.5 Å². The average molecular weight is 283 g/mol. The number of hydrogen-bond donors (Lipinski definition) is 0. The van der Waals surface area contributed by atoms with Crippen LogP contribution >= 0.6 is 0 Å². The van der Waals surface area contributed by atoms with Gasteiger partial charge in [-0.3, -0.25) is 4.79 Å². The van der Waals surface area contributed by atoms with Crippen LogP contribution in [-0.2, 0) is 16.0 Å². The molecule has 0 radical (unpaired) electrons. The topological polar surface area (TPSA) is 29.5 Å². The minimum absolute atomic E-state index is 0.116. The zero-order chi connectivity index (χ0) is 14.8. The third-order valence-electron chi connectivity index (χ3n) is 3.99. The third kappa shape index (κ3) is 3.08. The summed E-state index contributed by atoms with van der Waals surface area (Å²) in [4.78, 5) is 14.5. The highest BCUT2D eigenvalue weighted by molar-refractivity contribution is 5.90. The van der Waals surface area contributed by atoms with E-state index in [0.717, 1.165) is 5.56 Å². The van der Waals surface area contributed by atoms with Gasteiger partial charge in [-0.15, -0.1) is 0 Å². The maximum Gasteiger partial charge on any atom is 0.227 e. The van der Waals surface area contributed by atoms with Gasteiger partial charge in [0.1, 0.15) is 0 Å². The Bertz CT molecular complexity index is 637. The van der Waals surface area contributed by atoms with Gasteiger partial charge in [0.2, 0.25) is 5.91 Å². The van der Waals surface area contributed by atoms with Gasteiger partial charge in [-0.2, -0.15) is 0 Å². The van der Waals surface area contributed by atoms with Gasteiger partial charge in [-0.05, 0) is 30.2 Å². The second kappa shape index (κ2) is 5.86. The van der Waals surface area contributed by atoms with E-state index in [1.165, 1.54) is 10.8 Å². The minimum atomic E-state index is 0.116. The van der Waals surface area contributed by atoms with Gasteiger partial charge in [0.15, 0.2) is 0 Å². The molecule has 0 aromatic heterocycles. The van der Waals surface area contributed by atoms with Crippen LogP contribution in [0.4, 0.5) is 0 Å². The van der Waals surface area contributed by atoms with E-state index in [4.69, 9.17) is 4.74 Å². The molecule has 1 saturated heterocycles. The standard InChI is InChI=1S/C18H21NO2/c1-13-11-19(12-14(2)21-13)18(20)10-16-8-5-7-15-6-3-4-9-17(15)16/h3-9,13-14H,10-12H2,1-2H3/t13-,14+. The fourth-order valence-corrected chi connectivity index (χ4v) is 3.10. The Morgan fingerprint density at radius 3 is 2.52 bits per heavy atom. The Morgan fingerprint density at radius 2 is 1.76 bits per heavy atom. The number of carbonyl (C=O) groups excluding carboxylic acids is 1. The van der Waals surface area contributed by atoms with E-state index in [9.17, 15) is 4.79 Å². The minimum Gasteiger partial charge on any atom is -0.372 e. The SMILES string of the molecule is C[C@@H]1CN(C(=O)Cc2cccc3ccccc23)C[C@H](C)O1. The number of ether oxygens (including phenoxy) is 1. The summed E-state index contributed by atoms with van der Waals surface area (Å²) in [6.45, 7) is 5.42. The highest BCUT2D eigenvalue weighted by Crippen LogP contribution is 2.20. The van der Waals surface area contributed by atoms with Crippen molar-refractivity contribution in [2.75, 3.05) is 13.1 Å². The third-order valence-corrected chi connectivity index (χ3v) is 3.99. The molecule has 0 spiro atoms. The Labute approximate surface area is 125 Å². The zero-order valence-electron chi connectivity index (χ0n) is 12.6. The summed E-state index contributed by atoms with van der Waals surface area (Å²) in [7, 11) is 0. The van der Waals surface area contributed by atoms with Gasteiger partial charge in [0.05, 0.1) is 18.6 Å². The molecular weight excluding hydrogens is 262 g/mol. The van der Waals surface area contributed by atoms with Crippen LogP contribution < -0.4 is 0 Å². The first-order chi connectivity index (χ1) is 10.1. The number of morpholine rings is 1. The van der Waals surface area contributed by atoms with Crippen molar-refractivity contribution in [3.8, 4) is 0 Å². The van der Waals surface area contributed by atoms with Crippen LogP contribution in [0, 0.1) is 0 Å². The first-order valence-electron chi connectivity index (χ1n) is 7.53. The first kappa shape index (κ1) is 14.1. The lowest BCUT2D eigenvalue weighted by atomic mass is 10.0. The van der Waals surface area contributed by atoms with Crippen molar-refractivity contribution < 1.29 is 9.53 Å². The molecule has 1 heterocycles. The summed E-state index contributed by atoms with van der Waals surface area (Å²) in [5.41, 5.74) is 1.10. The Morgan fingerprint density at radius 1 is 1.10 bits per heavy atom. The van der Waals surface area contributed by atoms with Crippen LogP contribution in [0.15, 0.2) is 42.5 Å². The Balaban J connectivity index is 1.80. The maximum atomic E-state index is 12.6. The first-order valence-corrected chi connectivity index (χ1v) is 7.53. The lowest BCUT2D eigenvalue weighted by Gasteiger charge is -2.35. The predicted molar refractivity (Wildman–Crippen MR) is 84.2 cm³/mol. The van der Waals surface area contributed by atoms with Gasteiger partial charge >= 0.3 is 0 Å². The number of amides is 1. The molecule has 0 N–H and O–H groups in total. The van der Waals surface area contributed by atoms with Crippen molar-refractivity contribution in [2.45, 2.75) is 32.5 Å². The van der Waals surface area contributed by atoms with Crippen LogP contribution in [0.2, 0.25) is 0 Å². The number of fused-ring (bicyclic) bond motifs is 1. The van der Waals surface area contributed by atoms with Crippen LogP contribution in [-0.4, -0.2) is 36.1 Å². The molecule has 110 valence electrons. The molecule has 1 aliphatic heterocycles. The van der Waals surface area contributed by atoms with Crippen molar-refractivity contribution >= 4 is 16.7 Å². The summed E-state index contributed by atoms with van der Waals surface area (Å²) >= 11 is 0. The van der Waals surface area contributed by atoms with Crippen molar-refractivity contribution in [1.29, 1.82) is 0 Å². The Kier molecular flexibility index (Phi) is 3.93. The van der Waals surface area contributed by atoms with Crippen LogP contribution in [0.1, 0.15) is 19.4 Å². The molecule has 0 unspecified atom stereocenters. The second-order valence-corrected chi connectivity index (χ2v) is 5.87. The van der Waals surface area contributed by atoms with Crippen molar-refractivity contribution in [3.63, 3.8) is 0 Å². The van der Waals surface area contributed by atoms with E-state index in [1.54, 1.807) is 0 Å². The number of carbonyl (C=O) groups is 1. The molecule has 2 aromatic carbocycles. The molecule has 1 aliphatic rings. The molecule has 21 heavy (non-hydrogen) atoms. The quantitative estimate of drug-likeness (QED) is 0.848. The monoisotopic (exact) mass is 283 g/mol. The lowest BCUT2D eigenvalue weighted by molar-refractivity contribution is -0.142. The number of benzene rings is 2. The maximum absolute atomic E-state index is 12.6. The largest absolute Gasteiger partial charge is 0.372 e. The van der Waals surface area contributed by atoms with E-state index in [-0.39, 0.29) is 18.1 Å². The number of nitrogens with zero attached hydrogens (tertiary/aromatic N) is 1. The predicted octanol–water partition coefficient (Wildman–Crippen LogP) is 3.02. The van der Waals surface area contributed by atoms with Gasteiger partial charge in [0, 0.05) is 13.1 Å². The lowest BCUT2D eigenvalue weighted by Crippen LogP contribution is -2.48. The van der Waals surface area contributed by atoms with Crippen molar-refractivity contribution in [1.82, 2.24) is 4.90 Å². The van der Waals surface area contributed by atoms with E-state index < -0.39 is 0 Å². The molecule has 3 rings (SSSR count). The molecule has 2 atom stereocenters. The summed E-state index contributed by atoms with van der Waals surface area (Å²) in [6.07, 6.45) is 0.691. The van der Waals surface area contributed by atoms with Gasteiger partial charge in [-0.25, -0.2) is 0 Å². The van der Waals surface area contributed by atoms with Crippen molar-refractivity contribution in [3.05, 3.63) is 48.0 Å². The normalized spacial score (nSPS) is 22.5. The number of hydrogen-bond acceptors (Lipinski definition) is 2. The molecule has 2 aromatic rings. The van der Waals surface area contributed by atoms with E-state index in [1.807, 2.05) is 43.0 Å². The number of rotatable bonds is 2. The summed E-state index contributed by atoms with van der Waals surface area (Å²) in [5, 5.41) is 2.36. The molecule has 0 aliphatic carbocycles. The van der Waals surface area contributed by atoms with Gasteiger partial charge in [0.25, 0.3) is 0 Å². The smallest absolute Gasteiger partial charge is 0.227 e. The van der Waals surface area contributed by atoms with Gasteiger partial charge < -0.3 is 9.64 Å². The van der Waals surface area contributed by atoms with E-state index in [2.05, 4.69) is 18.2 Å². The van der Waals surface area contributed by atoms with Crippen LogP contribution in [0.25, 0.3) is 10.8 Å². The summed E-state index contributed by atoms with van der Waals surface area (Å²) < 4.78 is 5.69. The molecule has 3 heteroatoms. The van der Waals surface area contributed by atoms with Crippen LogP contribution in [0.3, 0.4) is 0 Å². The second-order valence-electron chi connectivity index (χ2n) is 5.87. The molecule has 0 saturated carbocycles. The fraction of sp³-hybridized carbons (Fsp3) is 0.389. The highest BCUT2D eigenvalue weighted by Gasteiger charge is 2.25. The molecular formula is C18H21NO2. The van der Waals surface area contributed by atoms with Crippen LogP contribution in [0.5, 0.6) is 0 Å². The molecule has 1 amide bonds. The summed E-state index contributed by atoms with van der Waals surface area (Å²) in [5.74, 6) is 0.188. The Hall–Kier alpha value is -1.87. The zero-order valence-corrected chi connectivity index (χ0v) is 12.6. The van der Waals surface area contributed by atoms with E-state index in [0.29, 0.717) is 19.5 Å². The molecule has 3 nitrogen and oxygen atoms in total. The molecule has 1 fully saturated rings. The average Bonchev–Trinajstić information content (AvgIpc) is 2.46. The highest BCUT2D eigenvalue weighted by atomic mass is 16.5. The molecule has 0 bridgehead atoms. The fourth-order valence-electron chi connectivity index (χ4n) is 3.10. The van der Waals surface area contributed by atoms with E-state index >= 15 is 0 Å². The summed E-state index contributed by atoms with van der Waals surface area (Å²) in [6, 6.07) is 14.4. The van der Waals surface area contributed by atoms with Crippen molar-refractivity contribution in [2.24, 2.45) is 0 Å².